The summed E-state index contributed by atoms with van der Waals surface area (Å²) in [5, 5.41) is 0. The first-order valence-corrected chi connectivity index (χ1v) is 9.05. The predicted octanol–water partition coefficient (Wildman–Crippen LogP) is 5.27. The van der Waals surface area contributed by atoms with Gasteiger partial charge >= 0.3 is 5.97 Å². The van der Waals surface area contributed by atoms with Crippen LogP contribution in [0.4, 0.5) is 0 Å². The monoisotopic (exact) mass is 341 g/mol. The molecule has 1 aromatic heterocycles. The smallest absolute Gasteiger partial charge is 0.314 e. The van der Waals surface area contributed by atoms with E-state index in [9.17, 15) is 4.79 Å². The van der Waals surface area contributed by atoms with Crippen molar-refractivity contribution in [1.82, 2.24) is 4.98 Å². The normalized spacial score (nSPS) is 11.8. The number of aromatic nitrogens is 1. The minimum Gasteiger partial charge on any atom is -0.492 e. The van der Waals surface area contributed by atoms with E-state index in [0.29, 0.717) is 5.75 Å². The molecule has 0 aliphatic rings. The molecule has 4 heteroatoms. The summed E-state index contributed by atoms with van der Waals surface area (Å²) in [6.07, 6.45) is 5.95. The molecule has 1 aromatic carbocycles. The molecule has 134 valence electrons. The average molecular weight is 341 g/mol. The summed E-state index contributed by atoms with van der Waals surface area (Å²) < 4.78 is 11.0. The first-order valence-electron chi connectivity index (χ1n) is 9.05. The summed E-state index contributed by atoms with van der Waals surface area (Å²) >= 11 is 0. The molecule has 0 bridgehead atoms. The highest BCUT2D eigenvalue weighted by Crippen LogP contribution is 2.23. The van der Waals surface area contributed by atoms with Crippen LogP contribution in [0.5, 0.6) is 11.5 Å². The number of nitrogens with zero attached hydrogens (tertiary/aromatic N) is 1. The Hall–Kier alpha value is -2.36. The molecule has 0 aliphatic heterocycles. The molecule has 0 fully saturated rings. The average Bonchev–Trinajstić information content (AvgIpc) is 2.65. The fraction of sp³-hybridized carbons (Fsp3) is 0.429. The van der Waals surface area contributed by atoms with Gasteiger partial charge in [0.25, 0.3) is 0 Å². The number of carbonyl (C=O) groups is 1. The van der Waals surface area contributed by atoms with Crippen LogP contribution in [0.1, 0.15) is 46.5 Å². The Kier molecular flexibility index (Phi) is 7.45. The van der Waals surface area contributed by atoms with Gasteiger partial charge < -0.3 is 9.47 Å². The molecule has 1 unspecified atom stereocenters. The Labute approximate surface area is 150 Å². The molecule has 0 amide bonds. The van der Waals surface area contributed by atoms with Crippen molar-refractivity contribution < 1.29 is 14.3 Å². The van der Waals surface area contributed by atoms with Gasteiger partial charge in [0.05, 0.1) is 24.4 Å². The highest BCUT2D eigenvalue weighted by molar-refractivity contribution is 5.75. The van der Waals surface area contributed by atoms with Gasteiger partial charge in [-0.05, 0) is 49.2 Å². The van der Waals surface area contributed by atoms with Crippen LogP contribution < -0.4 is 9.47 Å². The van der Waals surface area contributed by atoms with Crippen LogP contribution >= 0.6 is 0 Å². The minimum absolute atomic E-state index is 0.0915. The van der Waals surface area contributed by atoms with Crippen LogP contribution in [0.3, 0.4) is 0 Å². The van der Waals surface area contributed by atoms with Gasteiger partial charge in [-0.2, -0.15) is 0 Å². The molecule has 2 aromatic rings. The summed E-state index contributed by atoms with van der Waals surface area (Å²) in [5.74, 6) is 1.06. The Balaban J connectivity index is 1.94. The molecule has 0 spiro atoms. The van der Waals surface area contributed by atoms with Crippen LogP contribution in [-0.4, -0.2) is 17.6 Å². The first kappa shape index (κ1) is 19.0. The zero-order valence-corrected chi connectivity index (χ0v) is 15.3. The van der Waals surface area contributed by atoms with E-state index in [0.717, 1.165) is 36.5 Å². The maximum absolute atomic E-state index is 11.8. The maximum Gasteiger partial charge on any atom is 0.314 e. The Morgan fingerprint density at radius 3 is 2.36 bits per heavy atom. The quantitative estimate of drug-likeness (QED) is 0.354. The molecular weight excluding hydrogens is 314 g/mol. The third-order valence-corrected chi connectivity index (χ3v) is 4.14. The number of ether oxygens (including phenoxy) is 2. The van der Waals surface area contributed by atoms with Crippen molar-refractivity contribution in [3.63, 3.8) is 0 Å². The molecule has 0 saturated heterocycles. The highest BCUT2D eigenvalue weighted by Gasteiger charge is 2.13. The number of carbonyl (C=O) groups excluding carboxylic acids is 1. The summed E-state index contributed by atoms with van der Waals surface area (Å²) in [6.45, 7) is 6.74. The first-order chi connectivity index (χ1) is 12.1. The standard InChI is InChI=1S/C21H27NO3/c1-4-6-7-14-24-19-12-13-20(22-15-19)17-8-10-18(11-9-17)25-21(23)16(3)5-2/h8-13,15-16H,4-7,14H2,1-3H3. The Morgan fingerprint density at radius 2 is 1.76 bits per heavy atom. The van der Waals surface area contributed by atoms with Gasteiger partial charge in [-0.15, -0.1) is 0 Å². The second kappa shape index (κ2) is 9.82. The molecular formula is C21H27NO3. The minimum atomic E-state index is -0.196. The van der Waals surface area contributed by atoms with E-state index in [-0.39, 0.29) is 11.9 Å². The zero-order valence-electron chi connectivity index (χ0n) is 15.3. The van der Waals surface area contributed by atoms with Gasteiger partial charge in [0, 0.05) is 5.56 Å². The number of pyridine rings is 1. The fourth-order valence-electron chi connectivity index (χ4n) is 2.26. The lowest BCUT2D eigenvalue weighted by Gasteiger charge is -2.09. The molecule has 4 nitrogen and oxygen atoms in total. The highest BCUT2D eigenvalue weighted by atomic mass is 16.5. The van der Waals surface area contributed by atoms with Crippen molar-refractivity contribution in [3.8, 4) is 22.8 Å². The largest absolute Gasteiger partial charge is 0.492 e. The van der Waals surface area contributed by atoms with Gasteiger partial charge in [-0.25, -0.2) is 0 Å². The second-order valence-electron chi connectivity index (χ2n) is 6.19. The molecule has 25 heavy (non-hydrogen) atoms. The summed E-state index contributed by atoms with van der Waals surface area (Å²) in [6, 6.07) is 11.3. The van der Waals surface area contributed by atoms with E-state index in [1.165, 1.54) is 12.8 Å². The SMILES string of the molecule is CCCCCOc1ccc(-c2ccc(OC(=O)C(C)CC)cc2)nc1. The summed E-state index contributed by atoms with van der Waals surface area (Å²) in [5.41, 5.74) is 1.83. The topological polar surface area (TPSA) is 48.4 Å². The number of rotatable bonds is 9. The van der Waals surface area contributed by atoms with Crippen molar-refractivity contribution in [2.75, 3.05) is 6.61 Å². The Morgan fingerprint density at radius 1 is 1.04 bits per heavy atom. The van der Waals surface area contributed by atoms with E-state index >= 15 is 0 Å². The van der Waals surface area contributed by atoms with Gasteiger partial charge in [0.2, 0.25) is 0 Å². The summed E-state index contributed by atoms with van der Waals surface area (Å²) in [4.78, 5) is 16.3. The number of unbranched alkanes of at least 4 members (excludes halogenated alkanes) is 2. The van der Waals surface area contributed by atoms with Crippen LogP contribution in [0.15, 0.2) is 42.6 Å². The van der Waals surface area contributed by atoms with Gasteiger partial charge in [-0.1, -0.05) is 33.6 Å². The van der Waals surface area contributed by atoms with Crippen LogP contribution in [0.2, 0.25) is 0 Å². The second-order valence-corrected chi connectivity index (χ2v) is 6.19. The lowest BCUT2D eigenvalue weighted by Crippen LogP contribution is -2.16. The van der Waals surface area contributed by atoms with Crippen LogP contribution in [0, 0.1) is 5.92 Å². The third kappa shape index (κ3) is 5.89. The molecule has 0 aliphatic carbocycles. The molecule has 2 rings (SSSR count). The van der Waals surface area contributed by atoms with Gasteiger partial charge in [-0.3, -0.25) is 9.78 Å². The van der Waals surface area contributed by atoms with E-state index in [1.54, 1.807) is 18.3 Å². The number of hydrogen-bond acceptors (Lipinski definition) is 4. The van der Waals surface area contributed by atoms with Crippen molar-refractivity contribution in [2.45, 2.75) is 46.5 Å². The molecule has 0 N–H and O–H groups in total. The Bertz CT molecular complexity index is 650. The fourth-order valence-corrected chi connectivity index (χ4v) is 2.26. The van der Waals surface area contributed by atoms with Gasteiger partial charge in [0.1, 0.15) is 11.5 Å². The van der Waals surface area contributed by atoms with E-state index in [1.807, 2.05) is 38.1 Å². The maximum atomic E-state index is 11.8. The van der Waals surface area contributed by atoms with E-state index in [4.69, 9.17) is 9.47 Å². The van der Waals surface area contributed by atoms with Crippen LogP contribution in [-0.2, 0) is 4.79 Å². The van der Waals surface area contributed by atoms with Crippen molar-refractivity contribution in [1.29, 1.82) is 0 Å². The third-order valence-electron chi connectivity index (χ3n) is 4.14. The van der Waals surface area contributed by atoms with Crippen LogP contribution in [0.25, 0.3) is 11.3 Å². The molecule has 0 saturated carbocycles. The molecule has 0 radical (unpaired) electrons. The number of esters is 1. The summed E-state index contributed by atoms with van der Waals surface area (Å²) in [7, 11) is 0. The van der Waals surface area contributed by atoms with Crippen molar-refractivity contribution in [2.24, 2.45) is 5.92 Å². The number of hydrogen-bond donors (Lipinski definition) is 0. The van der Waals surface area contributed by atoms with E-state index in [2.05, 4.69) is 11.9 Å². The molecule has 1 heterocycles. The predicted molar refractivity (Wildman–Crippen MR) is 99.8 cm³/mol. The zero-order chi connectivity index (χ0) is 18.1. The van der Waals surface area contributed by atoms with Crippen molar-refractivity contribution in [3.05, 3.63) is 42.6 Å². The van der Waals surface area contributed by atoms with E-state index < -0.39 is 0 Å². The van der Waals surface area contributed by atoms with Gasteiger partial charge in [0.15, 0.2) is 0 Å². The lowest BCUT2D eigenvalue weighted by molar-refractivity contribution is -0.138. The lowest BCUT2D eigenvalue weighted by atomic mass is 10.1. The molecule has 1 atom stereocenters. The van der Waals surface area contributed by atoms with Crippen molar-refractivity contribution >= 4 is 5.97 Å². The number of benzene rings is 1.